The van der Waals surface area contributed by atoms with Crippen LogP contribution in [0.2, 0.25) is 0 Å². The zero-order valence-corrected chi connectivity index (χ0v) is 16.1. The fourth-order valence-electron chi connectivity index (χ4n) is 3.04. The van der Waals surface area contributed by atoms with Crippen molar-refractivity contribution in [3.63, 3.8) is 0 Å². The van der Waals surface area contributed by atoms with Crippen molar-refractivity contribution in [1.82, 2.24) is 20.2 Å². The number of hydrogen-bond donors (Lipinski definition) is 2. The fourth-order valence-corrected chi connectivity index (χ4v) is 3.04. The Morgan fingerprint density at radius 3 is 2.23 bits per heavy atom. The number of aromatic nitrogens is 2. The normalized spacial score (nSPS) is 16.2. The van der Waals surface area contributed by atoms with Gasteiger partial charge in [0.1, 0.15) is 5.82 Å². The molecular formula is C19H29N5O2. The number of nitrogens with one attached hydrogen (secondary N) is 2. The van der Waals surface area contributed by atoms with Crippen molar-refractivity contribution in [3.8, 4) is 0 Å². The number of unbranched alkanes of at least 4 members (excludes halogenated alkanes) is 3. The lowest BCUT2D eigenvalue weighted by Gasteiger charge is -2.10. The van der Waals surface area contributed by atoms with E-state index in [4.69, 9.17) is 0 Å². The molecule has 1 aliphatic heterocycles. The van der Waals surface area contributed by atoms with Crippen LogP contribution in [0.15, 0.2) is 23.0 Å². The first kappa shape index (κ1) is 19.9. The number of imidazole rings is 1. The molecule has 1 unspecified atom stereocenters. The molecule has 0 saturated heterocycles. The van der Waals surface area contributed by atoms with Gasteiger partial charge in [0.05, 0.1) is 11.6 Å². The van der Waals surface area contributed by atoms with Crippen molar-refractivity contribution in [1.29, 1.82) is 0 Å². The van der Waals surface area contributed by atoms with Crippen molar-refractivity contribution in [3.05, 3.63) is 29.5 Å². The molecule has 2 N–H and O–H groups in total. The van der Waals surface area contributed by atoms with Crippen LogP contribution in [0.4, 0.5) is 4.79 Å². The van der Waals surface area contributed by atoms with E-state index in [-0.39, 0.29) is 17.9 Å². The van der Waals surface area contributed by atoms with E-state index in [1.165, 1.54) is 4.57 Å². The molecule has 2 heterocycles. The average molecular weight is 359 g/mol. The zero-order chi connectivity index (χ0) is 19.1. The van der Waals surface area contributed by atoms with E-state index in [1.807, 2.05) is 33.8 Å². The van der Waals surface area contributed by atoms with Crippen molar-refractivity contribution in [2.75, 3.05) is 13.1 Å². The average Bonchev–Trinajstić information content (AvgIpc) is 3.10. The fraction of sp³-hybridized carbons (Fsp3) is 0.579. The molecule has 2 amide bonds. The summed E-state index contributed by atoms with van der Waals surface area (Å²) in [7, 11) is 0. The smallest absolute Gasteiger partial charge is 0.327 e. The quantitative estimate of drug-likeness (QED) is 0.700. The summed E-state index contributed by atoms with van der Waals surface area (Å²) in [5.41, 5.74) is 2.61. The molecule has 0 spiro atoms. The van der Waals surface area contributed by atoms with E-state index in [0.29, 0.717) is 18.9 Å². The van der Waals surface area contributed by atoms with Crippen LogP contribution in [0, 0.1) is 19.8 Å². The Kier molecular flexibility index (Phi) is 7.12. The van der Waals surface area contributed by atoms with Gasteiger partial charge < -0.3 is 10.6 Å². The SMILES string of the molecule is CC1=CC(C(=O)NCCCCCCNC(=O)n2cc(C)nc2C)C(C)=N1. The van der Waals surface area contributed by atoms with Crippen LogP contribution in [-0.4, -0.2) is 40.3 Å². The molecule has 1 aliphatic rings. The molecule has 0 aliphatic carbocycles. The molecule has 0 fully saturated rings. The van der Waals surface area contributed by atoms with Crippen LogP contribution in [0.3, 0.4) is 0 Å². The number of nitrogens with zero attached hydrogens (tertiary/aromatic N) is 3. The van der Waals surface area contributed by atoms with Crippen molar-refractivity contribution < 1.29 is 9.59 Å². The van der Waals surface area contributed by atoms with Gasteiger partial charge in [-0.25, -0.2) is 9.78 Å². The third-order valence-electron chi connectivity index (χ3n) is 4.39. The molecule has 7 heteroatoms. The number of rotatable bonds is 8. The van der Waals surface area contributed by atoms with E-state index in [2.05, 4.69) is 20.6 Å². The van der Waals surface area contributed by atoms with Crippen molar-refractivity contribution in [2.45, 2.75) is 53.4 Å². The number of amides is 2. The second-order valence-corrected chi connectivity index (χ2v) is 6.78. The number of aliphatic imine (C=N–C) groups is 1. The summed E-state index contributed by atoms with van der Waals surface area (Å²) in [5, 5.41) is 5.87. The molecule has 7 nitrogen and oxygen atoms in total. The number of carbonyl (C=O) groups excluding carboxylic acids is 2. The monoisotopic (exact) mass is 359 g/mol. The second-order valence-electron chi connectivity index (χ2n) is 6.78. The minimum atomic E-state index is -0.208. The molecule has 1 atom stereocenters. The highest BCUT2D eigenvalue weighted by molar-refractivity contribution is 6.06. The predicted molar refractivity (Wildman–Crippen MR) is 102 cm³/mol. The van der Waals surface area contributed by atoms with Crippen LogP contribution < -0.4 is 10.6 Å². The topological polar surface area (TPSA) is 88.4 Å². The lowest BCUT2D eigenvalue weighted by Crippen LogP contribution is -2.33. The van der Waals surface area contributed by atoms with Crippen LogP contribution in [0.1, 0.15) is 51.0 Å². The zero-order valence-electron chi connectivity index (χ0n) is 16.1. The lowest BCUT2D eigenvalue weighted by atomic mass is 10.0. The second kappa shape index (κ2) is 9.31. The molecule has 0 radical (unpaired) electrons. The van der Waals surface area contributed by atoms with Gasteiger partial charge in [-0.1, -0.05) is 12.8 Å². The molecule has 1 aromatic heterocycles. The third kappa shape index (κ3) is 5.54. The van der Waals surface area contributed by atoms with Gasteiger partial charge in [-0.3, -0.25) is 14.4 Å². The highest BCUT2D eigenvalue weighted by Crippen LogP contribution is 2.16. The van der Waals surface area contributed by atoms with Gasteiger partial charge in [-0.05, 0) is 46.6 Å². The van der Waals surface area contributed by atoms with E-state index in [9.17, 15) is 9.59 Å². The molecular weight excluding hydrogens is 330 g/mol. The van der Waals surface area contributed by atoms with E-state index < -0.39 is 0 Å². The van der Waals surface area contributed by atoms with Crippen LogP contribution >= 0.6 is 0 Å². The summed E-state index contributed by atoms with van der Waals surface area (Å²) in [6.07, 6.45) is 7.53. The van der Waals surface area contributed by atoms with E-state index in [1.54, 1.807) is 6.20 Å². The Morgan fingerprint density at radius 2 is 1.69 bits per heavy atom. The maximum absolute atomic E-state index is 12.1. The summed E-state index contributed by atoms with van der Waals surface area (Å²) in [4.78, 5) is 32.6. The summed E-state index contributed by atoms with van der Waals surface area (Å²) in [6.45, 7) is 8.80. The number of hydrogen-bond acceptors (Lipinski definition) is 4. The summed E-state index contributed by atoms with van der Waals surface area (Å²) < 4.78 is 1.54. The maximum atomic E-state index is 12.1. The first-order valence-corrected chi connectivity index (χ1v) is 9.20. The highest BCUT2D eigenvalue weighted by atomic mass is 16.2. The molecule has 142 valence electrons. The lowest BCUT2D eigenvalue weighted by molar-refractivity contribution is -0.121. The highest BCUT2D eigenvalue weighted by Gasteiger charge is 2.22. The first-order chi connectivity index (χ1) is 12.4. The molecule has 1 aromatic rings. The summed E-state index contributed by atoms with van der Waals surface area (Å²) in [6, 6.07) is -0.132. The Hall–Kier alpha value is -2.44. The number of aryl methyl sites for hydroxylation is 2. The molecule has 2 rings (SSSR count). The van der Waals surface area contributed by atoms with Gasteiger partial charge in [0.25, 0.3) is 0 Å². The Morgan fingerprint density at radius 1 is 1.04 bits per heavy atom. The maximum Gasteiger partial charge on any atom is 0.327 e. The minimum Gasteiger partial charge on any atom is -0.355 e. The van der Waals surface area contributed by atoms with E-state index >= 15 is 0 Å². The Labute approximate surface area is 155 Å². The molecule has 0 aromatic carbocycles. The van der Waals surface area contributed by atoms with Gasteiger partial charge >= 0.3 is 6.03 Å². The van der Waals surface area contributed by atoms with Gasteiger partial charge in [0.2, 0.25) is 5.91 Å². The Bertz CT molecular complexity index is 718. The van der Waals surface area contributed by atoms with Crippen LogP contribution in [-0.2, 0) is 4.79 Å². The summed E-state index contributed by atoms with van der Waals surface area (Å²) >= 11 is 0. The number of carbonyl (C=O) groups is 2. The van der Waals surface area contributed by atoms with Gasteiger partial charge in [0, 0.05) is 30.7 Å². The van der Waals surface area contributed by atoms with Crippen molar-refractivity contribution in [2.24, 2.45) is 10.9 Å². The van der Waals surface area contributed by atoms with Gasteiger partial charge in [-0.15, -0.1) is 0 Å². The standard InChI is InChI=1S/C19H29N5O2/c1-13-11-17(15(3)22-13)18(25)20-9-7-5-6-8-10-21-19(26)24-12-14(2)23-16(24)4/h11-12,17H,5-10H2,1-4H3,(H,20,25)(H,21,26). The minimum absolute atomic E-state index is 0.0290. The summed E-state index contributed by atoms with van der Waals surface area (Å²) in [5.74, 6) is 0.519. The first-order valence-electron chi connectivity index (χ1n) is 9.20. The Balaban J connectivity index is 1.52. The molecule has 0 saturated carbocycles. The van der Waals surface area contributed by atoms with Gasteiger partial charge in [-0.2, -0.15) is 0 Å². The van der Waals surface area contributed by atoms with E-state index in [0.717, 1.165) is 42.8 Å². The van der Waals surface area contributed by atoms with Crippen molar-refractivity contribution >= 4 is 17.6 Å². The largest absolute Gasteiger partial charge is 0.355 e. The molecule has 0 bridgehead atoms. The van der Waals surface area contributed by atoms with Crippen LogP contribution in [0.25, 0.3) is 0 Å². The predicted octanol–water partition coefficient (Wildman–Crippen LogP) is 2.73. The van der Waals surface area contributed by atoms with Gasteiger partial charge in [0.15, 0.2) is 0 Å². The van der Waals surface area contributed by atoms with Crippen LogP contribution in [0.5, 0.6) is 0 Å². The third-order valence-corrected chi connectivity index (χ3v) is 4.39. The molecule has 26 heavy (non-hydrogen) atoms. The number of allylic oxidation sites excluding steroid dienone is 1.